The van der Waals surface area contributed by atoms with Crippen LogP contribution in [0.3, 0.4) is 0 Å². The van der Waals surface area contributed by atoms with E-state index in [0.717, 1.165) is 0 Å². The van der Waals surface area contributed by atoms with E-state index in [0.29, 0.717) is 6.54 Å². The minimum Gasteiger partial charge on any atom is -0.395 e. The molecule has 0 saturated heterocycles. The topological polar surface area (TPSA) is 81.7 Å². The third-order valence-corrected chi connectivity index (χ3v) is 1.27. The van der Waals surface area contributed by atoms with Gasteiger partial charge in [0.15, 0.2) is 0 Å². The lowest BCUT2D eigenvalue weighted by Crippen LogP contribution is -2.45. The Kier molecular flexibility index (Phi) is 5.82. The van der Waals surface area contributed by atoms with Gasteiger partial charge in [-0.15, -0.1) is 0 Å². The number of nitrogens with one attached hydrogen (secondary N) is 2. The summed E-state index contributed by atoms with van der Waals surface area (Å²) < 4.78 is 0. The zero-order valence-electron chi connectivity index (χ0n) is 7.83. The smallest absolute Gasteiger partial charge is 0.252 e. The fourth-order valence-electron chi connectivity index (χ4n) is 0.692. The predicted octanol–water partition coefficient (Wildman–Crippen LogP) is -1.92. The van der Waals surface area contributed by atoms with Gasteiger partial charge in [-0.1, -0.05) is 0 Å². The van der Waals surface area contributed by atoms with E-state index < -0.39 is 0 Å². The summed E-state index contributed by atoms with van der Waals surface area (Å²) in [4.78, 5) is 23.0. The molecular formula is C7H15N3O3. The van der Waals surface area contributed by atoms with Crippen LogP contribution < -0.4 is 10.9 Å². The maximum atomic E-state index is 11.0. The Labute approximate surface area is 76.9 Å². The van der Waals surface area contributed by atoms with Crippen LogP contribution in [0.4, 0.5) is 0 Å². The van der Waals surface area contributed by atoms with E-state index in [1.165, 1.54) is 6.92 Å². The van der Waals surface area contributed by atoms with Gasteiger partial charge >= 0.3 is 0 Å². The summed E-state index contributed by atoms with van der Waals surface area (Å²) in [6, 6.07) is 0. The Morgan fingerprint density at radius 1 is 1.38 bits per heavy atom. The van der Waals surface area contributed by atoms with Crippen LogP contribution in [0.15, 0.2) is 0 Å². The minimum absolute atomic E-state index is 0.00389. The highest BCUT2D eigenvalue weighted by molar-refractivity contribution is 5.81. The molecule has 0 radical (unpaired) electrons. The number of aliphatic hydroxyl groups is 1. The van der Waals surface area contributed by atoms with Gasteiger partial charge in [0, 0.05) is 13.5 Å². The molecule has 2 amide bonds. The van der Waals surface area contributed by atoms with Crippen LogP contribution in [0.25, 0.3) is 0 Å². The zero-order valence-corrected chi connectivity index (χ0v) is 7.83. The molecule has 0 rings (SSSR count). The second kappa shape index (κ2) is 6.38. The molecule has 0 atom stereocenters. The molecule has 0 aromatic carbocycles. The van der Waals surface area contributed by atoms with Crippen LogP contribution in [0, 0.1) is 0 Å². The Morgan fingerprint density at radius 2 is 2.00 bits per heavy atom. The van der Waals surface area contributed by atoms with Gasteiger partial charge in [-0.25, -0.2) is 0 Å². The molecule has 0 fully saturated rings. The standard InChI is InChI=1S/C7H15N3O3/c1-6(12)8-9-7(13)5-10(2)3-4-11/h11H,3-5H2,1-2H3,(H,8,12)(H,9,13). The number of hydrogen-bond acceptors (Lipinski definition) is 4. The van der Waals surface area contributed by atoms with E-state index in [-0.39, 0.29) is 25.0 Å². The third kappa shape index (κ3) is 7.23. The number of carbonyl (C=O) groups excluding carboxylic acids is 2. The molecule has 76 valence electrons. The highest BCUT2D eigenvalue weighted by Gasteiger charge is 2.04. The highest BCUT2D eigenvalue weighted by atomic mass is 16.3. The molecule has 0 aliphatic heterocycles. The van der Waals surface area contributed by atoms with Gasteiger partial charge in [-0.2, -0.15) is 0 Å². The van der Waals surface area contributed by atoms with Crippen molar-refractivity contribution < 1.29 is 14.7 Å². The van der Waals surface area contributed by atoms with Crippen LogP contribution in [-0.2, 0) is 9.59 Å². The molecule has 0 spiro atoms. The largest absolute Gasteiger partial charge is 0.395 e. The normalized spacial score (nSPS) is 9.85. The average molecular weight is 189 g/mol. The van der Waals surface area contributed by atoms with Crippen molar-refractivity contribution in [1.82, 2.24) is 15.8 Å². The van der Waals surface area contributed by atoms with E-state index in [4.69, 9.17) is 5.11 Å². The first-order chi connectivity index (χ1) is 6.06. The molecule has 0 aromatic rings. The van der Waals surface area contributed by atoms with Crippen molar-refractivity contribution in [2.45, 2.75) is 6.92 Å². The first-order valence-corrected chi connectivity index (χ1v) is 3.91. The first kappa shape index (κ1) is 11.9. The van der Waals surface area contributed by atoms with Crippen LogP contribution in [0.1, 0.15) is 6.92 Å². The lowest BCUT2D eigenvalue weighted by Gasteiger charge is -2.14. The molecule has 0 aliphatic rings. The summed E-state index contributed by atoms with van der Waals surface area (Å²) >= 11 is 0. The number of nitrogens with zero attached hydrogens (tertiary/aromatic N) is 1. The Hall–Kier alpha value is -1.14. The van der Waals surface area contributed by atoms with Crippen molar-refractivity contribution in [2.24, 2.45) is 0 Å². The van der Waals surface area contributed by atoms with Crippen LogP contribution in [0.5, 0.6) is 0 Å². The lowest BCUT2D eigenvalue weighted by molar-refractivity contribution is -0.128. The molecule has 13 heavy (non-hydrogen) atoms. The maximum absolute atomic E-state index is 11.0. The summed E-state index contributed by atoms with van der Waals surface area (Å²) in [5.74, 6) is -0.635. The third-order valence-electron chi connectivity index (χ3n) is 1.27. The second-order valence-corrected chi connectivity index (χ2v) is 2.69. The molecule has 0 saturated carbocycles. The molecule has 6 heteroatoms. The van der Waals surface area contributed by atoms with E-state index in [1.54, 1.807) is 11.9 Å². The number of amides is 2. The average Bonchev–Trinajstić information content (AvgIpc) is 2.01. The Balaban J connectivity index is 3.55. The van der Waals surface area contributed by atoms with Gasteiger partial charge in [0.25, 0.3) is 5.91 Å². The van der Waals surface area contributed by atoms with Gasteiger partial charge in [0.05, 0.1) is 13.2 Å². The van der Waals surface area contributed by atoms with E-state index in [9.17, 15) is 9.59 Å². The fraction of sp³-hybridized carbons (Fsp3) is 0.714. The predicted molar refractivity (Wildman–Crippen MR) is 46.5 cm³/mol. The van der Waals surface area contributed by atoms with Gasteiger partial charge in [0.2, 0.25) is 5.91 Å². The van der Waals surface area contributed by atoms with Crippen LogP contribution >= 0.6 is 0 Å². The summed E-state index contributed by atoms with van der Waals surface area (Å²) in [6.45, 7) is 1.87. The van der Waals surface area contributed by atoms with Crippen molar-refractivity contribution in [1.29, 1.82) is 0 Å². The minimum atomic E-state index is -0.321. The van der Waals surface area contributed by atoms with Crippen molar-refractivity contribution in [3.05, 3.63) is 0 Å². The zero-order chi connectivity index (χ0) is 10.3. The van der Waals surface area contributed by atoms with Crippen molar-refractivity contribution in [2.75, 3.05) is 26.7 Å². The molecule has 0 heterocycles. The SMILES string of the molecule is CC(=O)NNC(=O)CN(C)CCO. The van der Waals surface area contributed by atoms with Gasteiger partial charge in [0.1, 0.15) is 0 Å². The summed E-state index contributed by atoms with van der Waals surface area (Å²) in [5.41, 5.74) is 4.37. The van der Waals surface area contributed by atoms with Gasteiger partial charge in [-0.05, 0) is 7.05 Å². The number of rotatable bonds is 4. The number of hydrogen-bond donors (Lipinski definition) is 3. The number of likely N-dealkylation sites (N-methyl/N-ethyl adjacent to an activating group) is 1. The van der Waals surface area contributed by atoms with Crippen molar-refractivity contribution in [3.8, 4) is 0 Å². The molecule has 6 nitrogen and oxygen atoms in total. The van der Waals surface area contributed by atoms with E-state index in [1.807, 2.05) is 0 Å². The van der Waals surface area contributed by atoms with Crippen LogP contribution in [-0.4, -0.2) is 48.6 Å². The molecule has 0 aliphatic carbocycles. The number of aliphatic hydroxyl groups excluding tert-OH is 1. The molecular weight excluding hydrogens is 174 g/mol. The van der Waals surface area contributed by atoms with E-state index >= 15 is 0 Å². The highest BCUT2D eigenvalue weighted by Crippen LogP contribution is 1.79. The van der Waals surface area contributed by atoms with Crippen LogP contribution in [0.2, 0.25) is 0 Å². The number of carbonyl (C=O) groups is 2. The second-order valence-electron chi connectivity index (χ2n) is 2.69. The monoisotopic (exact) mass is 189 g/mol. The van der Waals surface area contributed by atoms with Crippen molar-refractivity contribution >= 4 is 11.8 Å². The van der Waals surface area contributed by atoms with Crippen molar-refractivity contribution in [3.63, 3.8) is 0 Å². The Morgan fingerprint density at radius 3 is 2.46 bits per heavy atom. The molecule has 0 aromatic heterocycles. The van der Waals surface area contributed by atoms with Gasteiger partial charge in [-0.3, -0.25) is 25.3 Å². The number of hydrazine groups is 1. The first-order valence-electron chi connectivity index (χ1n) is 3.91. The maximum Gasteiger partial charge on any atom is 0.252 e. The van der Waals surface area contributed by atoms with Gasteiger partial charge < -0.3 is 5.11 Å². The fourth-order valence-corrected chi connectivity index (χ4v) is 0.692. The lowest BCUT2D eigenvalue weighted by atomic mass is 10.5. The Bertz CT molecular complexity index is 184. The summed E-state index contributed by atoms with van der Waals surface area (Å²) in [6.07, 6.45) is 0. The summed E-state index contributed by atoms with van der Waals surface area (Å²) in [5, 5.41) is 8.52. The quantitative estimate of drug-likeness (QED) is 0.450. The molecule has 0 unspecified atom stereocenters. The molecule has 3 N–H and O–H groups in total. The summed E-state index contributed by atoms with van der Waals surface area (Å²) in [7, 11) is 1.70. The van der Waals surface area contributed by atoms with E-state index in [2.05, 4.69) is 10.9 Å². The molecule has 0 bridgehead atoms.